The number of hydrogen-bond acceptors (Lipinski definition) is 3. The van der Waals surface area contributed by atoms with Crippen LogP contribution in [-0.4, -0.2) is 23.7 Å². The first-order valence-corrected chi connectivity index (χ1v) is 6.75. The Bertz CT molecular complexity index is 435. The summed E-state index contributed by atoms with van der Waals surface area (Å²) in [6.07, 6.45) is -0.456. The molecule has 0 fully saturated rings. The van der Waals surface area contributed by atoms with Gasteiger partial charge in [0.25, 0.3) is 5.91 Å². The van der Waals surface area contributed by atoms with Crippen molar-refractivity contribution in [3.8, 4) is 5.75 Å². The first kappa shape index (κ1) is 15.8. The minimum Gasteiger partial charge on any atom is -0.481 e. The van der Waals surface area contributed by atoms with Crippen LogP contribution < -0.4 is 10.1 Å². The van der Waals surface area contributed by atoms with Gasteiger partial charge in [-0.1, -0.05) is 18.5 Å². The van der Waals surface area contributed by atoms with Crippen LogP contribution in [0.5, 0.6) is 5.75 Å². The Balaban J connectivity index is 2.78. The molecule has 1 aromatic carbocycles. The number of halogens is 1. The van der Waals surface area contributed by atoms with E-state index in [1.54, 1.807) is 32.0 Å². The zero-order valence-corrected chi connectivity index (χ0v) is 12.2. The molecule has 0 radical (unpaired) electrons. The Kier molecular flexibility index (Phi) is 6.12. The van der Waals surface area contributed by atoms with Gasteiger partial charge in [0.1, 0.15) is 5.75 Å². The maximum Gasteiger partial charge on any atom is 0.260 e. The largest absolute Gasteiger partial charge is 0.481 e. The second-order valence-electron chi connectivity index (χ2n) is 4.41. The van der Waals surface area contributed by atoms with Crippen LogP contribution in [0.15, 0.2) is 18.2 Å². The highest BCUT2D eigenvalue weighted by Crippen LogP contribution is 2.29. The number of carbonyl (C=O) groups is 1. The summed E-state index contributed by atoms with van der Waals surface area (Å²) < 4.78 is 5.59. The number of benzene rings is 1. The fraction of sp³-hybridized carbons (Fsp3) is 0.500. The lowest BCUT2D eigenvalue weighted by Crippen LogP contribution is -2.36. The van der Waals surface area contributed by atoms with E-state index in [0.717, 1.165) is 6.42 Å². The molecule has 0 spiro atoms. The van der Waals surface area contributed by atoms with Crippen molar-refractivity contribution >= 4 is 17.5 Å². The molecule has 2 atom stereocenters. The Hall–Kier alpha value is -1.26. The quantitative estimate of drug-likeness (QED) is 0.845. The zero-order valence-electron chi connectivity index (χ0n) is 11.4. The predicted octanol–water partition coefficient (Wildman–Crippen LogP) is 2.69. The van der Waals surface area contributed by atoms with E-state index < -0.39 is 12.2 Å². The molecule has 1 rings (SSSR count). The maximum absolute atomic E-state index is 11.7. The Morgan fingerprint density at radius 3 is 2.74 bits per heavy atom. The fourth-order valence-electron chi connectivity index (χ4n) is 1.59. The molecule has 0 saturated carbocycles. The van der Waals surface area contributed by atoms with Crippen LogP contribution in [0.1, 0.15) is 38.9 Å². The number of aliphatic hydroxyl groups is 1. The van der Waals surface area contributed by atoms with Gasteiger partial charge < -0.3 is 15.2 Å². The van der Waals surface area contributed by atoms with Crippen LogP contribution in [0, 0.1) is 0 Å². The molecule has 0 bridgehead atoms. The second-order valence-corrected chi connectivity index (χ2v) is 4.85. The van der Waals surface area contributed by atoms with Gasteiger partial charge in [-0.25, -0.2) is 0 Å². The zero-order chi connectivity index (χ0) is 14.4. The topological polar surface area (TPSA) is 58.6 Å². The molecule has 1 aromatic rings. The van der Waals surface area contributed by atoms with Crippen molar-refractivity contribution in [1.29, 1.82) is 0 Å². The number of nitrogens with one attached hydrogen (secondary N) is 1. The van der Waals surface area contributed by atoms with Crippen LogP contribution in [0.4, 0.5) is 0 Å². The SMILES string of the molecule is CCCNC(=O)C(C)Oc1ccc(Cl)cc1[C@@H](C)O. The molecule has 1 unspecified atom stereocenters. The van der Waals surface area contributed by atoms with E-state index in [1.807, 2.05) is 6.92 Å². The number of aliphatic hydroxyl groups excluding tert-OH is 1. The molecule has 0 aliphatic heterocycles. The van der Waals surface area contributed by atoms with Crippen LogP contribution in [0.3, 0.4) is 0 Å². The molecule has 1 amide bonds. The Morgan fingerprint density at radius 1 is 1.47 bits per heavy atom. The first-order chi connectivity index (χ1) is 8.95. The van der Waals surface area contributed by atoms with Crippen molar-refractivity contribution in [2.24, 2.45) is 0 Å². The van der Waals surface area contributed by atoms with E-state index in [1.165, 1.54) is 0 Å². The van der Waals surface area contributed by atoms with Gasteiger partial charge >= 0.3 is 0 Å². The number of rotatable bonds is 6. The molecule has 19 heavy (non-hydrogen) atoms. The molecule has 0 aromatic heterocycles. The molecule has 2 N–H and O–H groups in total. The van der Waals surface area contributed by atoms with E-state index in [9.17, 15) is 9.90 Å². The van der Waals surface area contributed by atoms with E-state index in [-0.39, 0.29) is 5.91 Å². The molecule has 5 heteroatoms. The average molecular weight is 286 g/mol. The third kappa shape index (κ3) is 4.73. The monoisotopic (exact) mass is 285 g/mol. The van der Waals surface area contributed by atoms with Crippen molar-refractivity contribution in [3.05, 3.63) is 28.8 Å². The number of carbonyl (C=O) groups excluding carboxylic acids is 1. The molecule has 0 aliphatic carbocycles. The third-order valence-electron chi connectivity index (χ3n) is 2.64. The molecule has 4 nitrogen and oxygen atoms in total. The van der Waals surface area contributed by atoms with E-state index in [4.69, 9.17) is 16.3 Å². The molecule has 0 aliphatic rings. The fourth-order valence-corrected chi connectivity index (χ4v) is 1.77. The number of amides is 1. The summed E-state index contributed by atoms with van der Waals surface area (Å²) in [5, 5.41) is 13.0. The van der Waals surface area contributed by atoms with E-state index in [2.05, 4.69) is 5.32 Å². The van der Waals surface area contributed by atoms with Gasteiger partial charge in [-0.2, -0.15) is 0 Å². The van der Waals surface area contributed by atoms with Crippen molar-refractivity contribution < 1.29 is 14.6 Å². The van der Waals surface area contributed by atoms with Gasteiger partial charge in [0, 0.05) is 17.1 Å². The Morgan fingerprint density at radius 2 is 2.16 bits per heavy atom. The summed E-state index contributed by atoms with van der Waals surface area (Å²) in [5.74, 6) is 0.298. The lowest BCUT2D eigenvalue weighted by Gasteiger charge is -2.18. The molecule has 0 heterocycles. The standard InChI is InChI=1S/C14H20ClNO3/c1-4-7-16-14(18)10(3)19-13-6-5-11(15)8-12(13)9(2)17/h5-6,8-10,17H,4,7H2,1-3H3,(H,16,18)/t9-,10?/m1/s1. The summed E-state index contributed by atoms with van der Waals surface area (Å²) in [5.41, 5.74) is 0.572. The van der Waals surface area contributed by atoms with Crippen LogP contribution >= 0.6 is 11.6 Å². The lowest BCUT2D eigenvalue weighted by atomic mass is 10.1. The third-order valence-corrected chi connectivity index (χ3v) is 2.88. The Labute approximate surface area is 118 Å². The molecular formula is C14H20ClNO3. The number of ether oxygens (including phenoxy) is 1. The highest BCUT2D eigenvalue weighted by Gasteiger charge is 2.17. The minimum atomic E-state index is -0.709. The number of hydrogen-bond donors (Lipinski definition) is 2. The maximum atomic E-state index is 11.7. The normalized spacial score (nSPS) is 13.7. The van der Waals surface area contributed by atoms with Gasteiger partial charge in [0.2, 0.25) is 0 Å². The average Bonchev–Trinajstić information content (AvgIpc) is 2.37. The predicted molar refractivity (Wildman–Crippen MR) is 75.5 cm³/mol. The van der Waals surface area contributed by atoms with Gasteiger partial charge in [0.05, 0.1) is 6.10 Å². The highest BCUT2D eigenvalue weighted by atomic mass is 35.5. The molecular weight excluding hydrogens is 266 g/mol. The summed E-state index contributed by atoms with van der Waals surface area (Å²) in [6, 6.07) is 4.96. The lowest BCUT2D eigenvalue weighted by molar-refractivity contribution is -0.127. The molecule has 106 valence electrons. The highest BCUT2D eigenvalue weighted by molar-refractivity contribution is 6.30. The van der Waals surface area contributed by atoms with Crippen LogP contribution in [-0.2, 0) is 4.79 Å². The first-order valence-electron chi connectivity index (χ1n) is 6.37. The molecule has 0 saturated heterocycles. The van der Waals surface area contributed by atoms with E-state index >= 15 is 0 Å². The van der Waals surface area contributed by atoms with Crippen molar-refractivity contribution in [3.63, 3.8) is 0 Å². The van der Waals surface area contributed by atoms with Gasteiger partial charge in [-0.05, 0) is 38.5 Å². The summed E-state index contributed by atoms with van der Waals surface area (Å²) >= 11 is 5.88. The van der Waals surface area contributed by atoms with Gasteiger partial charge in [0.15, 0.2) is 6.10 Å². The van der Waals surface area contributed by atoms with Gasteiger partial charge in [-0.3, -0.25) is 4.79 Å². The van der Waals surface area contributed by atoms with Gasteiger partial charge in [-0.15, -0.1) is 0 Å². The summed E-state index contributed by atoms with van der Waals surface area (Å²) in [6.45, 7) is 5.90. The summed E-state index contributed by atoms with van der Waals surface area (Å²) in [4.78, 5) is 11.7. The second kappa shape index (κ2) is 7.36. The van der Waals surface area contributed by atoms with E-state index in [0.29, 0.717) is 22.9 Å². The van der Waals surface area contributed by atoms with Crippen molar-refractivity contribution in [2.45, 2.75) is 39.4 Å². The summed E-state index contributed by atoms with van der Waals surface area (Å²) in [7, 11) is 0. The smallest absolute Gasteiger partial charge is 0.260 e. The minimum absolute atomic E-state index is 0.173. The van der Waals surface area contributed by atoms with Crippen molar-refractivity contribution in [2.75, 3.05) is 6.54 Å². The van der Waals surface area contributed by atoms with Crippen molar-refractivity contribution in [1.82, 2.24) is 5.32 Å². The van der Waals surface area contributed by atoms with Crippen LogP contribution in [0.25, 0.3) is 0 Å². The van der Waals surface area contributed by atoms with Crippen LogP contribution in [0.2, 0.25) is 5.02 Å².